The number of benzene rings is 1. The molecule has 4 aliphatic carbocycles. The molecule has 0 radical (unpaired) electrons. The number of carbonyl (C=O) groups is 2. The van der Waals surface area contributed by atoms with Crippen molar-refractivity contribution in [1.29, 1.82) is 0 Å². The van der Waals surface area contributed by atoms with Crippen LogP contribution in [0.4, 0.5) is 0 Å². The number of hydrogen-bond acceptors (Lipinski definition) is 5. The fourth-order valence-electron chi connectivity index (χ4n) is 10.4. The molecule has 0 amide bonds. The number of esters is 1. The van der Waals surface area contributed by atoms with Gasteiger partial charge in [-0.25, -0.2) is 4.79 Å². The monoisotopic (exact) mass is 563 g/mol. The van der Waals surface area contributed by atoms with Crippen LogP contribution in [0.25, 0.3) is 10.4 Å². The third kappa shape index (κ3) is 5.33. The number of nitrogens with zero attached hydrogens (tertiary/aromatic N) is 3. The summed E-state index contributed by atoms with van der Waals surface area (Å²) in [6, 6.07) is 5.80. The van der Waals surface area contributed by atoms with Crippen LogP contribution < -0.4 is 0 Å². The Morgan fingerprint density at radius 2 is 1.83 bits per heavy atom. The summed E-state index contributed by atoms with van der Waals surface area (Å²) in [6.45, 7) is 10.6. The normalized spacial score (nSPS) is 38.5. The lowest BCUT2D eigenvalue weighted by Crippen LogP contribution is -2.58. The van der Waals surface area contributed by atoms with E-state index in [1.54, 1.807) is 0 Å². The summed E-state index contributed by atoms with van der Waals surface area (Å²) in [5.74, 6) is 2.51. The van der Waals surface area contributed by atoms with Gasteiger partial charge in [-0.05, 0) is 135 Å². The largest absolute Gasteiger partial charge is 0.454 e. The second kappa shape index (κ2) is 11.7. The van der Waals surface area contributed by atoms with Crippen LogP contribution in [0, 0.1) is 60.2 Å². The highest BCUT2D eigenvalue weighted by Gasteiger charge is 2.63. The van der Waals surface area contributed by atoms with Crippen LogP contribution in [0.3, 0.4) is 0 Å². The minimum absolute atomic E-state index is 0.0389. The molecule has 1 N–H and O–H groups in total. The van der Waals surface area contributed by atoms with E-state index in [4.69, 9.17) is 10.3 Å². The molecule has 7 nitrogen and oxygen atoms in total. The van der Waals surface area contributed by atoms with E-state index in [9.17, 15) is 14.7 Å². The van der Waals surface area contributed by atoms with E-state index in [0.29, 0.717) is 47.5 Å². The number of aliphatic hydroxyl groups is 1. The lowest BCUT2D eigenvalue weighted by atomic mass is 9.43. The average molecular weight is 564 g/mol. The first-order valence-corrected chi connectivity index (χ1v) is 16.0. The fourth-order valence-corrected chi connectivity index (χ4v) is 10.4. The summed E-state index contributed by atoms with van der Waals surface area (Å²) in [6.07, 6.45) is 9.43. The van der Waals surface area contributed by atoms with Gasteiger partial charge in [-0.2, -0.15) is 0 Å². The molecule has 0 bridgehead atoms. The standard InChI is InChI=1S/C34H49N3O4/c1-20(9-11-25(38)19-41-32(40)31-21(2)7-6-8-22(31)3)27-13-14-28-26-12-10-23-17-24(36-37-35)15-16-33(23,4)29(26)18-30(39)34(27,28)5/h6-8,20,23-24,26-30,39H,9-19H2,1-5H3/t20-,23-,24-,26+,27-,28+,29+,30+,33+,34-/m1/s1. The number of rotatable bonds is 8. The third-order valence-corrected chi connectivity index (χ3v) is 12.6. The van der Waals surface area contributed by atoms with E-state index >= 15 is 0 Å². The summed E-state index contributed by atoms with van der Waals surface area (Å²) >= 11 is 0. The van der Waals surface area contributed by atoms with Gasteiger partial charge < -0.3 is 9.84 Å². The SMILES string of the molecule is Cc1cccc(C)c1C(=O)OCC(=O)CC[C@@H](C)[C@H]1CC[C@H]2[C@@H]3CC[C@@H]4C[C@H](N=[N+]=[N-])CC[C@]4(C)[C@H]3C[C@H](O)[C@]12C. The summed E-state index contributed by atoms with van der Waals surface area (Å²) in [5, 5.41) is 15.9. The van der Waals surface area contributed by atoms with Crippen LogP contribution in [0.5, 0.6) is 0 Å². The van der Waals surface area contributed by atoms with E-state index < -0.39 is 5.97 Å². The molecule has 0 aromatic heterocycles. The molecule has 1 aromatic carbocycles. The molecule has 4 aliphatic rings. The lowest BCUT2D eigenvalue weighted by molar-refractivity contribution is -0.169. The summed E-state index contributed by atoms with van der Waals surface area (Å²) in [7, 11) is 0. The molecule has 7 heteroatoms. The van der Waals surface area contributed by atoms with E-state index in [1.807, 2.05) is 32.0 Å². The lowest BCUT2D eigenvalue weighted by Gasteiger charge is -2.62. The Morgan fingerprint density at radius 1 is 1.10 bits per heavy atom. The van der Waals surface area contributed by atoms with Crippen LogP contribution >= 0.6 is 0 Å². The van der Waals surface area contributed by atoms with Gasteiger partial charge in [-0.1, -0.05) is 44.1 Å². The first kappa shape index (κ1) is 30.1. The number of carbonyl (C=O) groups excluding carboxylic acids is 2. The van der Waals surface area contributed by atoms with Crippen LogP contribution in [-0.2, 0) is 9.53 Å². The fraction of sp³-hybridized carbons (Fsp3) is 0.765. The van der Waals surface area contributed by atoms with E-state index in [2.05, 4.69) is 30.8 Å². The van der Waals surface area contributed by atoms with Crippen LogP contribution in [0.15, 0.2) is 23.3 Å². The maximum atomic E-state index is 12.8. The second-order valence-electron chi connectivity index (χ2n) is 14.5. The van der Waals surface area contributed by atoms with Crippen LogP contribution in [0.1, 0.15) is 106 Å². The molecule has 10 atom stereocenters. The first-order valence-electron chi connectivity index (χ1n) is 16.0. The van der Waals surface area contributed by atoms with E-state index in [0.717, 1.165) is 56.1 Å². The van der Waals surface area contributed by atoms with Crippen molar-refractivity contribution >= 4 is 11.8 Å². The molecule has 0 spiro atoms. The van der Waals surface area contributed by atoms with Crippen LogP contribution in [0.2, 0.25) is 0 Å². The Balaban J connectivity index is 1.19. The van der Waals surface area contributed by atoms with Gasteiger partial charge >= 0.3 is 5.97 Å². The molecular weight excluding hydrogens is 514 g/mol. The molecule has 41 heavy (non-hydrogen) atoms. The zero-order valence-electron chi connectivity index (χ0n) is 25.6. The van der Waals surface area contributed by atoms with Gasteiger partial charge in [0.25, 0.3) is 0 Å². The number of hydrogen-bond donors (Lipinski definition) is 1. The highest BCUT2D eigenvalue weighted by Crippen LogP contribution is 2.68. The quantitative estimate of drug-likeness (QED) is 0.151. The second-order valence-corrected chi connectivity index (χ2v) is 14.5. The number of ketones is 1. The molecule has 5 rings (SSSR count). The molecule has 1 aromatic rings. The van der Waals surface area contributed by atoms with Crippen molar-refractivity contribution in [3.8, 4) is 0 Å². The van der Waals surface area contributed by atoms with Crippen molar-refractivity contribution in [2.45, 2.75) is 111 Å². The van der Waals surface area contributed by atoms with Crippen molar-refractivity contribution in [2.24, 2.45) is 51.5 Å². The van der Waals surface area contributed by atoms with Crippen molar-refractivity contribution in [3.05, 3.63) is 45.3 Å². The summed E-state index contributed by atoms with van der Waals surface area (Å²) in [4.78, 5) is 28.5. The molecule has 0 saturated heterocycles. The Labute approximate surface area is 245 Å². The van der Waals surface area contributed by atoms with Gasteiger partial charge in [0.2, 0.25) is 0 Å². The predicted octanol–water partition coefficient (Wildman–Crippen LogP) is 7.75. The maximum Gasteiger partial charge on any atom is 0.339 e. The minimum Gasteiger partial charge on any atom is -0.454 e. The van der Waals surface area contributed by atoms with Gasteiger partial charge in [0, 0.05) is 17.4 Å². The number of aryl methyl sites for hydroxylation is 2. The first-order chi connectivity index (χ1) is 19.5. The molecule has 4 saturated carbocycles. The predicted molar refractivity (Wildman–Crippen MR) is 159 cm³/mol. The van der Waals surface area contributed by atoms with Gasteiger partial charge in [0.15, 0.2) is 5.78 Å². The van der Waals surface area contributed by atoms with Gasteiger partial charge in [-0.15, -0.1) is 0 Å². The van der Waals surface area contributed by atoms with Crippen molar-refractivity contribution < 1.29 is 19.4 Å². The molecule has 4 fully saturated rings. The topological polar surface area (TPSA) is 112 Å². The Morgan fingerprint density at radius 3 is 2.54 bits per heavy atom. The number of fused-ring (bicyclic) bond motifs is 5. The Kier molecular flexibility index (Phi) is 8.61. The Bertz CT molecular complexity index is 1190. The van der Waals surface area contributed by atoms with Crippen molar-refractivity contribution in [2.75, 3.05) is 6.61 Å². The van der Waals surface area contributed by atoms with Crippen molar-refractivity contribution in [1.82, 2.24) is 0 Å². The number of ether oxygens (including phenoxy) is 1. The maximum absolute atomic E-state index is 12.8. The van der Waals surface area contributed by atoms with E-state index in [-0.39, 0.29) is 35.4 Å². The minimum atomic E-state index is -0.428. The van der Waals surface area contributed by atoms with Gasteiger partial charge in [0.1, 0.15) is 6.61 Å². The van der Waals surface area contributed by atoms with Crippen molar-refractivity contribution in [3.63, 3.8) is 0 Å². The van der Waals surface area contributed by atoms with Gasteiger partial charge in [0.05, 0.1) is 11.7 Å². The smallest absolute Gasteiger partial charge is 0.339 e. The van der Waals surface area contributed by atoms with Gasteiger partial charge in [-0.3, -0.25) is 4.79 Å². The zero-order valence-corrected chi connectivity index (χ0v) is 25.6. The number of Topliss-reactive ketones (excluding diaryl/α,β-unsaturated/α-hetero) is 1. The van der Waals surface area contributed by atoms with Crippen LogP contribution in [-0.4, -0.2) is 35.6 Å². The third-order valence-electron chi connectivity index (χ3n) is 12.6. The molecule has 0 unspecified atom stereocenters. The summed E-state index contributed by atoms with van der Waals surface area (Å²) in [5.41, 5.74) is 11.3. The summed E-state index contributed by atoms with van der Waals surface area (Å²) < 4.78 is 5.41. The molecule has 0 aliphatic heterocycles. The molecule has 224 valence electrons. The molecule has 0 heterocycles. The number of aliphatic hydroxyl groups excluding tert-OH is 1. The number of azide groups is 1. The zero-order chi connectivity index (χ0) is 29.5. The molecular formula is C34H49N3O4. The van der Waals surface area contributed by atoms with E-state index in [1.165, 1.54) is 12.8 Å². The highest BCUT2D eigenvalue weighted by atomic mass is 16.5. The average Bonchev–Trinajstić information content (AvgIpc) is 3.30. The Hall–Kier alpha value is -2.37. The highest BCUT2D eigenvalue weighted by molar-refractivity contribution is 5.94.